The zero-order chi connectivity index (χ0) is 57.9. The van der Waals surface area contributed by atoms with Gasteiger partial charge in [0.1, 0.15) is 0 Å². The zero-order valence-corrected chi connectivity index (χ0v) is 185. The van der Waals surface area contributed by atoms with Gasteiger partial charge in [0.2, 0.25) is 0 Å². The first-order chi connectivity index (χ1) is 33.2. The normalized spacial score (nSPS) is 19.0. The molecule has 0 unspecified atom stereocenters. The quantitative estimate of drug-likeness (QED) is 0.0555. The van der Waals surface area contributed by atoms with Crippen molar-refractivity contribution in [1.29, 1.82) is 0 Å². The summed E-state index contributed by atoms with van der Waals surface area (Å²) in [6.45, 7) is 0. The molecule has 0 amide bonds. The monoisotopic (exact) mass is 9260 g/mol. The fourth-order valence-corrected chi connectivity index (χ4v) is 14000. The Morgan fingerprint density at radius 3 is 0.288 bits per heavy atom. The van der Waals surface area contributed by atoms with Gasteiger partial charge in [0, 0.05) is 0 Å². The third kappa shape index (κ3) is 52.0. The third-order valence-corrected chi connectivity index (χ3v) is 5700. The molecule has 0 bridgehead atoms. The van der Waals surface area contributed by atoms with Crippen molar-refractivity contribution in [2.24, 2.45) is 0 Å². The van der Waals surface area contributed by atoms with Crippen LogP contribution in [-0.2, 0) is 0 Å². The maximum absolute atomic E-state index is 3.45. The molecule has 0 heterocycles. The summed E-state index contributed by atoms with van der Waals surface area (Å²) in [5, 5.41) is 0. The molecule has 0 aliphatic rings. The SMILES string of the molecule is I[I-]I(I)I(I)I(I)I(I)I(I)I(I)I(I)I(I)I(I)I(I)I(I)I(I)I(I)I(I)I(I)I(I)I(I)I(I)I(I)I(I)I(I)I(I)I(I)I(I)I(I)I(I)I(I)I(I)I(I)I(I)I(I)I(I)I(I)I(I)I(I)I. The van der Waals surface area contributed by atoms with Crippen molar-refractivity contribution >= 4 is 965 Å². The number of halogens is 73. The van der Waals surface area contributed by atoms with Crippen LogP contribution in [0.5, 0.6) is 0 Å². The fourth-order valence-electron chi connectivity index (χ4n) is 1.03. The van der Waals surface area contributed by atoms with E-state index in [9.17, 15) is 0 Å². The summed E-state index contributed by atoms with van der Waals surface area (Å²) in [6.07, 6.45) is 0. The topological polar surface area (TPSA) is 0 Å². The first-order valence-electron chi connectivity index (χ1n) is 10.3. The van der Waals surface area contributed by atoms with Crippen LogP contribution in [0.4, 0.5) is 0 Å². The molecule has 0 nitrogen and oxygen atoms in total. The second-order valence-electron chi connectivity index (χ2n) is 5.72. The number of hydrogen-bond acceptors (Lipinski definition) is 0. The summed E-state index contributed by atoms with van der Waals surface area (Å²) >= 11 is 124. The van der Waals surface area contributed by atoms with Crippen molar-refractivity contribution in [3.05, 3.63) is 0 Å². The summed E-state index contributed by atoms with van der Waals surface area (Å²) in [7, 11) is -20.1. The van der Waals surface area contributed by atoms with Crippen molar-refractivity contribution in [3.63, 3.8) is 0 Å². The summed E-state index contributed by atoms with van der Waals surface area (Å²) in [5.74, 6) is 0. The second-order valence-corrected chi connectivity index (χ2v) is 1730. The average Bonchev–Trinajstić information content (AvgIpc) is 3.39. The molecule has 0 aromatic heterocycles. The molecule has 73 heavy (non-hydrogen) atoms. The van der Waals surface area contributed by atoms with E-state index in [4.69, 9.17) is 0 Å². The molecule has 512 valence electrons. The number of hydrogen-bond donors (Lipinski definition) is 0. The van der Waals surface area contributed by atoms with Gasteiger partial charge in [0.05, 0.1) is 0 Å². The molecule has 0 fully saturated rings. The molecule has 0 rings (SSSR count). The minimum atomic E-state index is -0.627. The predicted molar refractivity (Wildman–Crippen MR) is 1010 cm³/mol. The first-order valence-corrected chi connectivity index (χ1v) is 463. The summed E-state index contributed by atoms with van der Waals surface area (Å²) in [5.41, 5.74) is 0. The van der Waals surface area contributed by atoms with Gasteiger partial charge in [-0.1, -0.05) is 0 Å². The van der Waals surface area contributed by atoms with Crippen molar-refractivity contribution in [1.82, 2.24) is 0 Å². The van der Waals surface area contributed by atoms with Gasteiger partial charge in [-0.2, -0.15) is 0 Å². The van der Waals surface area contributed by atoms with Gasteiger partial charge in [-0.25, -0.2) is 0 Å². The van der Waals surface area contributed by atoms with E-state index in [1.807, 2.05) is 0 Å². The van der Waals surface area contributed by atoms with E-state index in [0.29, 0.717) is 13.3 Å². The Kier molecular flexibility index (Phi) is 132. The van der Waals surface area contributed by atoms with Crippen molar-refractivity contribution < 1.29 is 13.3 Å². The van der Waals surface area contributed by atoms with Crippen LogP contribution in [0, 0.1) is 0 Å². The molecular weight excluding hydrogens is 9260 g/mol. The van der Waals surface area contributed by atoms with Gasteiger partial charge >= 0.3 is 978 Å². The molecular formula is I73-. The van der Waals surface area contributed by atoms with Gasteiger partial charge in [0.15, 0.2) is 0 Å². The van der Waals surface area contributed by atoms with Crippen molar-refractivity contribution in [2.45, 2.75) is 0 Å². The van der Waals surface area contributed by atoms with Crippen LogP contribution in [0.15, 0.2) is 0 Å². The van der Waals surface area contributed by atoms with E-state index in [0.717, 1.165) is 0 Å². The van der Waals surface area contributed by atoms with Gasteiger partial charge in [-0.3, -0.25) is 0 Å². The summed E-state index contributed by atoms with van der Waals surface area (Å²) < 4.78 is 0. The van der Waals surface area contributed by atoms with Crippen LogP contribution in [0.25, 0.3) is 0 Å². The molecule has 0 aliphatic heterocycles. The Hall–Kier alpha value is 53.3. The maximum atomic E-state index is 3.45. The molecule has 73 heteroatoms. The number of rotatable bonds is 35. The molecule has 0 N–H and O–H groups in total. The first kappa shape index (κ1) is 126. The van der Waals surface area contributed by atoms with E-state index in [2.05, 4.69) is 689 Å². The van der Waals surface area contributed by atoms with E-state index < -0.39 is 276 Å². The van der Waals surface area contributed by atoms with Gasteiger partial charge in [0.25, 0.3) is 0 Å². The molecule has 0 aliphatic carbocycles. The zero-order valence-electron chi connectivity index (χ0n) is 27.6. The Morgan fingerprint density at radius 2 is 0.205 bits per heavy atom. The van der Waals surface area contributed by atoms with Crippen LogP contribution >= 0.6 is 965 Å². The molecule has 0 atom stereocenters. The Bertz CT molecular complexity index is 1420. The standard InChI is InChI=1S/I73/c1-38-40(4)42(6)44(8)46(10)48(12)50(14)52(16)54(18)56(20)58(22)60(24)62(26)64(28)66(30)68(32)70(34)72(36)73(37)71(35)69(33)67(31)65(29)63(27)61(25)59(23)57(21)55(19)53(17)51(15)49(13)47(11)45(9)43(7)41(5)39(2)3/q-1. The summed E-state index contributed by atoms with van der Waals surface area (Å²) in [6, 6.07) is 0. The minimum absolute atomic E-state index is 0.413. The van der Waals surface area contributed by atoms with E-state index in [-0.39, 0.29) is 0 Å². The van der Waals surface area contributed by atoms with Crippen molar-refractivity contribution in [3.8, 4) is 0 Å². The molecule has 0 spiro atoms. The molecule has 0 aromatic rings. The van der Waals surface area contributed by atoms with Gasteiger partial charge in [-0.05, 0) is 0 Å². The van der Waals surface area contributed by atoms with Gasteiger partial charge in [-0.15, -0.1) is 0 Å². The van der Waals surface area contributed by atoms with Gasteiger partial charge < -0.3 is 0 Å². The Labute approximate surface area is 919 Å². The van der Waals surface area contributed by atoms with Crippen LogP contribution in [-0.4, -0.2) is 0 Å². The average molecular weight is 9260 g/mol. The molecule has 0 radical (unpaired) electrons. The van der Waals surface area contributed by atoms with Crippen LogP contribution in [0.2, 0.25) is 0 Å². The Morgan fingerprint density at radius 1 is 0.123 bits per heavy atom. The third-order valence-electron chi connectivity index (χ3n) is 2.82. The molecule has 0 saturated carbocycles. The molecule has 0 saturated heterocycles. The summed E-state index contributed by atoms with van der Waals surface area (Å²) in [4.78, 5) is 0. The second kappa shape index (κ2) is 76.3. The van der Waals surface area contributed by atoms with E-state index in [1.165, 1.54) is 0 Å². The van der Waals surface area contributed by atoms with Crippen LogP contribution in [0.3, 0.4) is 0 Å². The van der Waals surface area contributed by atoms with Crippen LogP contribution < -0.4 is 13.3 Å². The van der Waals surface area contributed by atoms with Crippen LogP contribution in [0.1, 0.15) is 0 Å². The van der Waals surface area contributed by atoms with Crippen molar-refractivity contribution in [2.75, 3.05) is 0 Å². The molecule has 0 aromatic carbocycles. The Balaban J connectivity index is 5.77. The predicted octanol–water partition coefficient (Wildman–Crippen LogP) is 60.8. The van der Waals surface area contributed by atoms with E-state index >= 15 is 0 Å². The fraction of sp³-hybridized carbons (Fsp3) is 0. The van der Waals surface area contributed by atoms with E-state index in [1.54, 1.807) is 0 Å².